The molecule has 6 heteroatoms. The van der Waals surface area contributed by atoms with Gasteiger partial charge in [0.2, 0.25) is 5.91 Å². The number of carbonyl (C=O) groups excluding carboxylic acids is 2. The molecule has 0 aliphatic rings. The molecule has 0 N–H and O–H groups in total. The molecule has 0 aliphatic carbocycles. The number of nitrogens with zero attached hydrogens (tertiary/aromatic N) is 1. The van der Waals surface area contributed by atoms with Gasteiger partial charge in [-0.15, -0.1) is 0 Å². The van der Waals surface area contributed by atoms with Crippen molar-refractivity contribution >= 4 is 11.9 Å². The fourth-order valence-electron chi connectivity index (χ4n) is 1.51. The Labute approximate surface area is 130 Å². The molecule has 0 bridgehead atoms. The van der Waals surface area contributed by atoms with Crippen molar-refractivity contribution in [2.75, 3.05) is 13.6 Å². The van der Waals surface area contributed by atoms with Crippen LogP contribution in [0.25, 0.3) is 0 Å². The zero-order chi connectivity index (χ0) is 13.3. The van der Waals surface area contributed by atoms with Crippen LogP contribution in [0.2, 0.25) is 0 Å². The third-order valence-electron chi connectivity index (χ3n) is 2.58. The fraction of sp³-hybridized carbons (Fsp3) is 0.833. The molecule has 0 saturated carbocycles. The van der Waals surface area contributed by atoms with Gasteiger partial charge in [-0.2, -0.15) is 0 Å². The summed E-state index contributed by atoms with van der Waals surface area (Å²) in [7, 11) is 1.38. The van der Waals surface area contributed by atoms with Crippen molar-refractivity contribution in [3.8, 4) is 0 Å². The standard InChI is InChI=1S/C12H22FNO3.Na/c1-3-4-5-6-10(13)7-8-11(15)14(2)9-12(16)17;/h10H,3-9H2,1-2H3,(H,16,17);/q;+1/p-1. The Kier molecular flexibility index (Phi) is 13.4. The van der Waals surface area contributed by atoms with E-state index in [1.54, 1.807) is 0 Å². The van der Waals surface area contributed by atoms with Crippen LogP contribution in [0.4, 0.5) is 4.39 Å². The maximum Gasteiger partial charge on any atom is 1.00 e. The molecule has 1 atom stereocenters. The maximum absolute atomic E-state index is 13.3. The number of rotatable bonds is 9. The first-order valence-electron chi connectivity index (χ1n) is 6.05. The molecule has 0 radical (unpaired) electrons. The third kappa shape index (κ3) is 11.0. The van der Waals surface area contributed by atoms with Crippen molar-refractivity contribution in [3.63, 3.8) is 0 Å². The molecule has 0 aromatic rings. The van der Waals surface area contributed by atoms with Crippen molar-refractivity contribution in [2.45, 2.75) is 51.6 Å². The molecule has 0 aromatic heterocycles. The summed E-state index contributed by atoms with van der Waals surface area (Å²) in [5.74, 6) is -1.66. The van der Waals surface area contributed by atoms with Crippen LogP contribution in [0.15, 0.2) is 0 Å². The molecular formula is C12H21FNNaO3. The van der Waals surface area contributed by atoms with E-state index in [2.05, 4.69) is 0 Å². The number of alkyl halides is 1. The number of amides is 1. The van der Waals surface area contributed by atoms with Gasteiger partial charge in [0, 0.05) is 13.5 Å². The average molecular weight is 269 g/mol. The van der Waals surface area contributed by atoms with Crippen LogP contribution in [0.3, 0.4) is 0 Å². The Bertz CT molecular complexity index is 251. The van der Waals surface area contributed by atoms with Gasteiger partial charge in [-0.25, -0.2) is 4.39 Å². The van der Waals surface area contributed by atoms with Crippen LogP contribution in [0.5, 0.6) is 0 Å². The van der Waals surface area contributed by atoms with E-state index in [1.165, 1.54) is 7.05 Å². The Morgan fingerprint density at radius 1 is 1.28 bits per heavy atom. The largest absolute Gasteiger partial charge is 1.00 e. The number of hydrogen-bond donors (Lipinski definition) is 0. The zero-order valence-corrected chi connectivity index (χ0v) is 13.6. The van der Waals surface area contributed by atoms with E-state index in [-0.39, 0.29) is 48.3 Å². The molecule has 0 aromatic carbocycles. The molecule has 100 valence electrons. The molecule has 18 heavy (non-hydrogen) atoms. The van der Waals surface area contributed by atoms with Gasteiger partial charge in [-0.05, 0) is 12.8 Å². The molecule has 0 fully saturated rings. The Morgan fingerprint density at radius 2 is 1.89 bits per heavy atom. The van der Waals surface area contributed by atoms with Crippen molar-refractivity contribution in [1.82, 2.24) is 4.90 Å². The van der Waals surface area contributed by atoms with E-state index < -0.39 is 18.7 Å². The van der Waals surface area contributed by atoms with Gasteiger partial charge in [0.1, 0.15) is 6.17 Å². The summed E-state index contributed by atoms with van der Waals surface area (Å²) in [6.45, 7) is 1.61. The van der Waals surface area contributed by atoms with Crippen LogP contribution in [0, 0.1) is 0 Å². The third-order valence-corrected chi connectivity index (χ3v) is 2.58. The van der Waals surface area contributed by atoms with Crippen LogP contribution in [-0.4, -0.2) is 36.5 Å². The van der Waals surface area contributed by atoms with Crippen LogP contribution >= 0.6 is 0 Å². The van der Waals surface area contributed by atoms with Gasteiger partial charge in [0.05, 0.1) is 12.5 Å². The van der Waals surface area contributed by atoms with Gasteiger partial charge in [-0.1, -0.05) is 26.2 Å². The summed E-state index contributed by atoms with van der Waals surface area (Å²) in [6, 6.07) is 0. The molecule has 1 unspecified atom stereocenters. The summed E-state index contributed by atoms with van der Waals surface area (Å²) in [5.41, 5.74) is 0. The first-order chi connectivity index (χ1) is 7.97. The minimum absolute atomic E-state index is 0. The topological polar surface area (TPSA) is 60.4 Å². The maximum atomic E-state index is 13.3. The van der Waals surface area contributed by atoms with E-state index in [0.29, 0.717) is 6.42 Å². The van der Waals surface area contributed by atoms with E-state index in [1.807, 2.05) is 6.92 Å². The van der Waals surface area contributed by atoms with E-state index in [0.717, 1.165) is 24.2 Å². The second kappa shape index (κ2) is 11.9. The zero-order valence-electron chi connectivity index (χ0n) is 11.6. The molecule has 4 nitrogen and oxygen atoms in total. The summed E-state index contributed by atoms with van der Waals surface area (Å²) in [4.78, 5) is 22.7. The predicted octanol–water partition coefficient (Wildman–Crippen LogP) is -2.10. The van der Waals surface area contributed by atoms with Gasteiger partial charge in [0.25, 0.3) is 0 Å². The molecule has 0 aliphatic heterocycles. The van der Waals surface area contributed by atoms with E-state index in [4.69, 9.17) is 0 Å². The summed E-state index contributed by atoms with van der Waals surface area (Å²) in [5, 5.41) is 10.2. The summed E-state index contributed by atoms with van der Waals surface area (Å²) >= 11 is 0. The Hall–Kier alpha value is -0.130. The van der Waals surface area contributed by atoms with Crippen molar-refractivity contribution < 1.29 is 48.6 Å². The number of likely N-dealkylation sites (N-methyl/N-ethyl adjacent to an activating group) is 1. The van der Waals surface area contributed by atoms with Gasteiger partial charge >= 0.3 is 29.6 Å². The number of carboxylic acids is 1. The molecule has 0 spiro atoms. The average Bonchev–Trinajstić information content (AvgIpc) is 2.25. The van der Waals surface area contributed by atoms with Gasteiger partial charge in [-0.3, -0.25) is 4.79 Å². The monoisotopic (exact) mass is 269 g/mol. The minimum Gasteiger partial charge on any atom is -0.548 e. The molecule has 0 saturated heterocycles. The fourth-order valence-corrected chi connectivity index (χ4v) is 1.51. The molecule has 0 rings (SSSR count). The first-order valence-corrected chi connectivity index (χ1v) is 6.05. The van der Waals surface area contributed by atoms with Crippen LogP contribution < -0.4 is 34.7 Å². The minimum atomic E-state index is -1.31. The number of carboxylic acid groups (broad SMARTS) is 1. The number of unbranched alkanes of at least 4 members (excludes halogenated alkanes) is 2. The van der Waals surface area contributed by atoms with Gasteiger partial charge in [0.15, 0.2) is 0 Å². The first kappa shape index (κ1) is 20.2. The smallest absolute Gasteiger partial charge is 0.548 e. The number of halogens is 1. The predicted molar refractivity (Wildman–Crippen MR) is 60.9 cm³/mol. The van der Waals surface area contributed by atoms with E-state index in [9.17, 15) is 19.1 Å². The van der Waals surface area contributed by atoms with Crippen molar-refractivity contribution in [3.05, 3.63) is 0 Å². The van der Waals surface area contributed by atoms with Crippen molar-refractivity contribution in [2.24, 2.45) is 0 Å². The van der Waals surface area contributed by atoms with Crippen molar-refractivity contribution in [1.29, 1.82) is 0 Å². The molecule has 0 heterocycles. The Morgan fingerprint density at radius 3 is 2.39 bits per heavy atom. The number of carbonyl (C=O) groups is 2. The molecule has 1 amide bonds. The quantitative estimate of drug-likeness (QED) is 0.356. The second-order valence-corrected chi connectivity index (χ2v) is 4.25. The number of aliphatic carboxylic acids is 1. The Balaban J connectivity index is 0. The summed E-state index contributed by atoms with van der Waals surface area (Å²) < 4.78 is 13.3. The number of hydrogen-bond acceptors (Lipinski definition) is 3. The van der Waals surface area contributed by atoms with Gasteiger partial charge < -0.3 is 14.8 Å². The van der Waals surface area contributed by atoms with E-state index >= 15 is 0 Å². The SMILES string of the molecule is CCCCCC(F)CCC(=O)N(C)CC(=O)[O-].[Na+]. The van der Waals surface area contributed by atoms with Crippen LogP contribution in [-0.2, 0) is 9.59 Å². The molecular weight excluding hydrogens is 248 g/mol. The summed E-state index contributed by atoms with van der Waals surface area (Å²) in [6.07, 6.45) is 2.60. The normalized spacial score (nSPS) is 11.5. The second-order valence-electron chi connectivity index (χ2n) is 4.25. The van der Waals surface area contributed by atoms with Crippen LogP contribution in [0.1, 0.15) is 45.4 Å².